The van der Waals surface area contributed by atoms with Crippen LogP contribution >= 0.6 is 0 Å². The number of benzene rings is 1. The second-order valence-corrected chi connectivity index (χ2v) is 6.25. The Labute approximate surface area is 115 Å². The average Bonchev–Trinajstić information content (AvgIpc) is 2.28. The predicted molar refractivity (Wildman–Crippen MR) is 76.0 cm³/mol. The van der Waals surface area contributed by atoms with Crippen molar-refractivity contribution in [1.29, 1.82) is 0 Å². The minimum atomic E-state index is -0.921. The van der Waals surface area contributed by atoms with Gasteiger partial charge in [-0.3, -0.25) is 4.79 Å². The van der Waals surface area contributed by atoms with Crippen molar-refractivity contribution in [3.63, 3.8) is 0 Å². The van der Waals surface area contributed by atoms with Gasteiger partial charge in [0.15, 0.2) is 0 Å². The number of carboxylic acid groups (broad SMARTS) is 1. The summed E-state index contributed by atoms with van der Waals surface area (Å²) in [6, 6.07) is 7.79. The highest BCUT2D eigenvalue weighted by Gasteiger charge is 2.30. The van der Waals surface area contributed by atoms with E-state index in [9.17, 15) is 9.90 Å². The van der Waals surface area contributed by atoms with E-state index in [1.165, 1.54) is 5.56 Å². The molecule has 1 aromatic rings. The van der Waals surface area contributed by atoms with Gasteiger partial charge in [0.25, 0.3) is 0 Å². The summed E-state index contributed by atoms with van der Waals surface area (Å²) in [6.07, 6.45) is 0.488. The van der Waals surface area contributed by atoms with Crippen LogP contribution in [0.5, 0.6) is 0 Å². The van der Waals surface area contributed by atoms with E-state index >= 15 is 0 Å². The molecule has 0 fully saturated rings. The zero-order valence-corrected chi connectivity index (χ0v) is 12.2. The van der Waals surface area contributed by atoms with Crippen molar-refractivity contribution in [2.24, 2.45) is 11.3 Å². The van der Waals surface area contributed by atoms with Crippen molar-refractivity contribution < 1.29 is 15.0 Å². The molecule has 106 valence electrons. The topological polar surface area (TPSA) is 57.5 Å². The lowest BCUT2D eigenvalue weighted by molar-refractivity contribution is -0.148. The summed E-state index contributed by atoms with van der Waals surface area (Å²) in [7, 11) is 0. The van der Waals surface area contributed by atoms with Crippen molar-refractivity contribution in [2.75, 3.05) is 0 Å². The van der Waals surface area contributed by atoms with Gasteiger partial charge in [0, 0.05) is 0 Å². The molecule has 0 aliphatic carbocycles. The maximum Gasteiger partial charge on any atom is 0.309 e. The molecule has 0 amide bonds. The summed E-state index contributed by atoms with van der Waals surface area (Å²) >= 11 is 0. The lowest BCUT2D eigenvalue weighted by Crippen LogP contribution is -2.26. The second kappa shape index (κ2) is 6.20. The first-order valence-electron chi connectivity index (χ1n) is 6.72. The van der Waals surface area contributed by atoms with Crippen LogP contribution in [-0.4, -0.2) is 16.2 Å². The van der Waals surface area contributed by atoms with Crippen LogP contribution in [0.25, 0.3) is 0 Å². The molecule has 0 saturated carbocycles. The Kier molecular flexibility index (Phi) is 5.12. The maximum absolute atomic E-state index is 11.1. The molecule has 0 heterocycles. The van der Waals surface area contributed by atoms with Gasteiger partial charge in [-0.2, -0.15) is 0 Å². The molecule has 2 N–H and O–H groups in total. The van der Waals surface area contributed by atoms with Gasteiger partial charge in [0.05, 0.1) is 11.5 Å². The Morgan fingerprint density at radius 2 is 1.74 bits per heavy atom. The molecular weight excluding hydrogens is 240 g/mol. The zero-order valence-electron chi connectivity index (χ0n) is 12.2. The molecule has 1 rings (SSSR count). The smallest absolute Gasteiger partial charge is 0.309 e. The van der Waals surface area contributed by atoms with E-state index in [2.05, 4.69) is 13.8 Å². The van der Waals surface area contributed by atoms with Crippen LogP contribution in [0.2, 0.25) is 0 Å². The molecule has 1 atom stereocenters. The average molecular weight is 264 g/mol. The summed E-state index contributed by atoms with van der Waals surface area (Å²) in [5.41, 5.74) is 1.10. The third kappa shape index (κ3) is 4.67. The lowest BCUT2D eigenvalue weighted by atomic mass is 9.84. The summed E-state index contributed by atoms with van der Waals surface area (Å²) in [5, 5.41) is 19.2. The Balaban J connectivity index is 2.73. The molecule has 1 unspecified atom stereocenters. The van der Waals surface area contributed by atoms with Crippen LogP contribution in [0, 0.1) is 11.3 Å². The van der Waals surface area contributed by atoms with E-state index < -0.39 is 17.5 Å². The summed E-state index contributed by atoms with van der Waals surface area (Å²) in [6.45, 7) is 7.59. The first-order chi connectivity index (χ1) is 8.72. The maximum atomic E-state index is 11.1. The number of aliphatic hydroxyl groups excluding tert-OH is 1. The van der Waals surface area contributed by atoms with Gasteiger partial charge in [0.1, 0.15) is 0 Å². The Bertz CT molecular complexity index is 418. The quantitative estimate of drug-likeness (QED) is 0.827. The molecule has 19 heavy (non-hydrogen) atoms. The van der Waals surface area contributed by atoms with Crippen LogP contribution in [0.1, 0.15) is 51.3 Å². The number of hydrogen-bond donors (Lipinski definition) is 2. The number of aliphatic hydroxyl groups is 1. The minimum Gasteiger partial charge on any atom is -0.481 e. The van der Waals surface area contributed by atoms with E-state index in [1.54, 1.807) is 13.8 Å². The monoisotopic (exact) mass is 264 g/mol. The van der Waals surface area contributed by atoms with Crippen LogP contribution in [0.3, 0.4) is 0 Å². The van der Waals surface area contributed by atoms with Gasteiger partial charge in [-0.25, -0.2) is 0 Å². The van der Waals surface area contributed by atoms with Gasteiger partial charge in [0.2, 0.25) is 0 Å². The van der Waals surface area contributed by atoms with E-state index in [-0.39, 0.29) is 6.42 Å². The Morgan fingerprint density at radius 3 is 2.16 bits per heavy atom. The van der Waals surface area contributed by atoms with Gasteiger partial charge in [-0.15, -0.1) is 0 Å². The van der Waals surface area contributed by atoms with Gasteiger partial charge in [-0.1, -0.05) is 38.1 Å². The second-order valence-electron chi connectivity index (χ2n) is 6.25. The lowest BCUT2D eigenvalue weighted by Gasteiger charge is -2.23. The van der Waals surface area contributed by atoms with Crippen LogP contribution in [-0.2, 0) is 11.2 Å². The zero-order chi connectivity index (χ0) is 14.6. The number of rotatable bonds is 6. The first kappa shape index (κ1) is 15.7. The minimum absolute atomic E-state index is 0.214. The first-order valence-corrected chi connectivity index (χ1v) is 6.72. The standard InChI is InChI=1S/C16H24O3/c1-11(2)9-12-5-7-13(8-6-12)14(17)10-16(3,4)15(18)19/h5-8,11,14,17H,9-10H2,1-4H3,(H,18,19). The van der Waals surface area contributed by atoms with Gasteiger partial charge in [-0.05, 0) is 43.7 Å². The van der Waals surface area contributed by atoms with Crippen molar-refractivity contribution in [3.05, 3.63) is 35.4 Å². The van der Waals surface area contributed by atoms with Gasteiger partial charge >= 0.3 is 5.97 Å². The predicted octanol–water partition coefficient (Wildman–Crippen LogP) is 3.42. The van der Waals surface area contributed by atoms with E-state index in [0.29, 0.717) is 5.92 Å². The molecule has 0 bridgehead atoms. The Hall–Kier alpha value is -1.35. The highest BCUT2D eigenvalue weighted by molar-refractivity contribution is 5.73. The number of carbonyl (C=O) groups is 1. The number of carboxylic acids is 1. The molecule has 0 saturated heterocycles. The molecule has 0 aliphatic heterocycles. The van der Waals surface area contributed by atoms with Crippen molar-refractivity contribution in [3.8, 4) is 0 Å². The van der Waals surface area contributed by atoms with Crippen LogP contribution in [0.15, 0.2) is 24.3 Å². The van der Waals surface area contributed by atoms with Crippen molar-refractivity contribution in [2.45, 2.75) is 46.6 Å². The summed E-state index contributed by atoms with van der Waals surface area (Å²) < 4.78 is 0. The Morgan fingerprint density at radius 1 is 1.21 bits per heavy atom. The van der Waals surface area contributed by atoms with E-state index in [4.69, 9.17) is 5.11 Å². The number of aliphatic carboxylic acids is 1. The fourth-order valence-corrected chi connectivity index (χ4v) is 2.04. The fraction of sp³-hybridized carbons (Fsp3) is 0.562. The molecule has 0 aliphatic rings. The molecule has 0 spiro atoms. The molecule has 3 heteroatoms. The van der Waals surface area contributed by atoms with Gasteiger partial charge < -0.3 is 10.2 Å². The van der Waals surface area contributed by atoms with E-state index in [0.717, 1.165) is 12.0 Å². The highest BCUT2D eigenvalue weighted by atomic mass is 16.4. The third-order valence-electron chi connectivity index (χ3n) is 3.29. The fourth-order valence-electron chi connectivity index (χ4n) is 2.04. The molecule has 1 aromatic carbocycles. The normalized spacial score (nSPS) is 13.6. The number of hydrogen-bond acceptors (Lipinski definition) is 2. The van der Waals surface area contributed by atoms with Crippen molar-refractivity contribution >= 4 is 5.97 Å². The SMILES string of the molecule is CC(C)Cc1ccc(C(O)CC(C)(C)C(=O)O)cc1. The summed E-state index contributed by atoms with van der Waals surface area (Å²) in [4.78, 5) is 11.1. The molecule has 3 nitrogen and oxygen atoms in total. The molecule has 0 radical (unpaired) electrons. The van der Waals surface area contributed by atoms with Crippen LogP contribution < -0.4 is 0 Å². The van der Waals surface area contributed by atoms with Crippen LogP contribution in [0.4, 0.5) is 0 Å². The molecular formula is C16H24O3. The molecule has 0 aromatic heterocycles. The van der Waals surface area contributed by atoms with E-state index in [1.807, 2.05) is 24.3 Å². The largest absolute Gasteiger partial charge is 0.481 e. The van der Waals surface area contributed by atoms with Crippen molar-refractivity contribution in [1.82, 2.24) is 0 Å². The third-order valence-corrected chi connectivity index (χ3v) is 3.29. The highest BCUT2D eigenvalue weighted by Crippen LogP contribution is 2.30. The summed E-state index contributed by atoms with van der Waals surface area (Å²) in [5.74, 6) is -0.287.